The molecule has 1 atom stereocenters. The van der Waals surface area contributed by atoms with Gasteiger partial charge in [-0.15, -0.1) is 0 Å². The Morgan fingerprint density at radius 3 is 1.42 bits per heavy atom. The van der Waals surface area contributed by atoms with Gasteiger partial charge >= 0.3 is 0 Å². The monoisotopic (exact) mass is 579 g/mol. The van der Waals surface area contributed by atoms with Crippen LogP contribution in [0.2, 0.25) is 0 Å². The Morgan fingerprint density at radius 2 is 0.933 bits per heavy atom. The molecule has 0 radical (unpaired) electrons. The lowest BCUT2D eigenvalue weighted by molar-refractivity contribution is 0.399. The molecule has 2 aliphatic carbocycles. The maximum atomic E-state index is 2.53. The van der Waals surface area contributed by atoms with Crippen molar-refractivity contribution < 1.29 is 0 Å². The van der Waals surface area contributed by atoms with Crippen LogP contribution in [0.5, 0.6) is 0 Å². The molecular formula is C44H37N. The Hall–Kier alpha value is -4.88. The summed E-state index contributed by atoms with van der Waals surface area (Å²) in [5, 5.41) is 2.66. The highest BCUT2D eigenvalue weighted by Crippen LogP contribution is 2.58. The fourth-order valence-corrected chi connectivity index (χ4v) is 9.24. The van der Waals surface area contributed by atoms with Crippen LogP contribution >= 0.6 is 0 Å². The van der Waals surface area contributed by atoms with E-state index in [0.29, 0.717) is 5.92 Å². The second-order valence-corrected chi connectivity index (χ2v) is 13.4. The SMILES string of the molecule is CCC(C)C1(c2ccc3c(c2)c2cc(C4(C)c5ccccc5-c5ccccc54)ccc2n3C)c2ccccc2-c2ccccc21. The molecule has 7 aromatic rings. The van der Waals surface area contributed by atoms with Gasteiger partial charge in [0.1, 0.15) is 0 Å². The van der Waals surface area contributed by atoms with Crippen molar-refractivity contribution >= 4 is 21.8 Å². The standard InChI is InChI=1S/C44H37N/c1-5-28(2)44(39-20-12-8-16-33(39)34-17-9-13-21-40(34)44)30-23-25-42-36(27-30)35-26-29(22-24-41(35)45(42)4)43(3)37-18-10-6-14-31(37)32-15-7-11-19-38(32)43/h6-28H,5H2,1-4H3. The summed E-state index contributed by atoms with van der Waals surface area (Å²) in [6.07, 6.45) is 1.09. The average Bonchev–Trinajstić information content (AvgIpc) is 3.66. The number of nitrogens with zero attached hydrogens (tertiary/aromatic N) is 1. The van der Waals surface area contributed by atoms with Crippen LogP contribution in [-0.4, -0.2) is 4.57 Å². The predicted molar refractivity (Wildman–Crippen MR) is 189 cm³/mol. The highest BCUT2D eigenvalue weighted by molar-refractivity contribution is 6.09. The van der Waals surface area contributed by atoms with Crippen molar-refractivity contribution in [3.05, 3.63) is 167 Å². The third-order valence-electron chi connectivity index (χ3n) is 11.6. The van der Waals surface area contributed by atoms with Crippen molar-refractivity contribution in [2.24, 2.45) is 13.0 Å². The van der Waals surface area contributed by atoms with E-state index < -0.39 is 0 Å². The van der Waals surface area contributed by atoms with Crippen LogP contribution in [0.4, 0.5) is 0 Å². The number of fused-ring (bicyclic) bond motifs is 9. The summed E-state index contributed by atoms with van der Waals surface area (Å²) in [5.74, 6) is 0.427. The topological polar surface area (TPSA) is 4.93 Å². The summed E-state index contributed by atoms with van der Waals surface area (Å²) in [6.45, 7) is 7.20. The molecule has 0 spiro atoms. The molecule has 1 heterocycles. The van der Waals surface area contributed by atoms with Gasteiger partial charge in [0, 0.05) is 39.7 Å². The molecule has 0 bridgehead atoms. The zero-order valence-electron chi connectivity index (χ0n) is 26.4. The zero-order chi connectivity index (χ0) is 30.5. The van der Waals surface area contributed by atoms with E-state index in [2.05, 4.69) is 166 Å². The van der Waals surface area contributed by atoms with Gasteiger partial charge in [-0.2, -0.15) is 0 Å². The summed E-state index contributed by atoms with van der Waals surface area (Å²) in [7, 11) is 2.22. The lowest BCUT2D eigenvalue weighted by atomic mass is 9.63. The lowest BCUT2D eigenvalue weighted by Crippen LogP contribution is -2.34. The van der Waals surface area contributed by atoms with Crippen LogP contribution in [0.25, 0.3) is 44.1 Å². The fraction of sp³-hybridized carbons (Fsp3) is 0.182. The molecule has 45 heavy (non-hydrogen) atoms. The van der Waals surface area contributed by atoms with Crippen LogP contribution in [-0.2, 0) is 17.9 Å². The molecule has 0 aliphatic heterocycles. The normalized spacial score (nSPS) is 15.9. The first-order chi connectivity index (χ1) is 22.0. The minimum Gasteiger partial charge on any atom is -0.344 e. The molecule has 0 amide bonds. The Labute approximate surface area is 265 Å². The van der Waals surface area contributed by atoms with E-state index in [1.807, 2.05) is 0 Å². The molecule has 0 fully saturated rings. The van der Waals surface area contributed by atoms with Crippen molar-refractivity contribution in [2.75, 3.05) is 0 Å². The smallest absolute Gasteiger partial charge is 0.0489 e. The van der Waals surface area contributed by atoms with E-state index in [1.165, 1.54) is 77.4 Å². The van der Waals surface area contributed by atoms with Gasteiger partial charge in [-0.3, -0.25) is 0 Å². The largest absolute Gasteiger partial charge is 0.344 e. The molecule has 1 aromatic heterocycles. The van der Waals surface area contributed by atoms with Gasteiger partial charge in [0.2, 0.25) is 0 Å². The van der Waals surface area contributed by atoms with Gasteiger partial charge in [0.15, 0.2) is 0 Å². The summed E-state index contributed by atoms with van der Waals surface area (Å²) >= 11 is 0. The number of aromatic nitrogens is 1. The van der Waals surface area contributed by atoms with E-state index in [-0.39, 0.29) is 10.8 Å². The van der Waals surface area contributed by atoms with E-state index in [9.17, 15) is 0 Å². The molecular weight excluding hydrogens is 542 g/mol. The molecule has 6 aromatic carbocycles. The molecule has 9 rings (SSSR count). The lowest BCUT2D eigenvalue weighted by Gasteiger charge is -2.38. The van der Waals surface area contributed by atoms with Gasteiger partial charge in [-0.1, -0.05) is 129 Å². The number of hydrogen-bond donors (Lipinski definition) is 0. The molecule has 1 unspecified atom stereocenters. The second-order valence-electron chi connectivity index (χ2n) is 13.4. The minimum absolute atomic E-state index is 0.203. The Bertz CT molecular complexity index is 2220. The van der Waals surface area contributed by atoms with Gasteiger partial charge in [-0.25, -0.2) is 0 Å². The maximum absolute atomic E-state index is 2.53. The molecule has 1 nitrogen and oxygen atoms in total. The van der Waals surface area contributed by atoms with Crippen LogP contribution < -0.4 is 0 Å². The van der Waals surface area contributed by atoms with Gasteiger partial charge in [0.25, 0.3) is 0 Å². The molecule has 0 saturated heterocycles. The summed E-state index contributed by atoms with van der Waals surface area (Å²) in [6, 6.07) is 50.7. The molecule has 0 N–H and O–H groups in total. The van der Waals surface area contributed by atoms with E-state index in [1.54, 1.807) is 0 Å². The number of hydrogen-bond acceptors (Lipinski definition) is 0. The first kappa shape index (κ1) is 26.5. The number of benzene rings is 6. The summed E-state index contributed by atoms with van der Waals surface area (Å²) < 4.78 is 2.38. The first-order valence-corrected chi connectivity index (χ1v) is 16.4. The van der Waals surface area contributed by atoms with Crippen molar-refractivity contribution in [1.29, 1.82) is 0 Å². The second kappa shape index (κ2) is 9.31. The summed E-state index contributed by atoms with van der Waals surface area (Å²) in [4.78, 5) is 0. The van der Waals surface area contributed by atoms with E-state index in [0.717, 1.165) is 6.42 Å². The predicted octanol–water partition coefficient (Wildman–Crippen LogP) is 11.0. The summed E-state index contributed by atoms with van der Waals surface area (Å²) in [5.41, 5.74) is 16.0. The first-order valence-electron chi connectivity index (χ1n) is 16.4. The third-order valence-corrected chi connectivity index (χ3v) is 11.6. The van der Waals surface area contributed by atoms with Crippen LogP contribution in [0, 0.1) is 5.92 Å². The highest BCUT2D eigenvalue weighted by atomic mass is 14.9. The maximum Gasteiger partial charge on any atom is 0.0489 e. The zero-order valence-corrected chi connectivity index (χ0v) is 26.4. The quantitative estimate of drug-likeness (QED) is 0.195. The highest BCUT2D eigenvalue weighted by Gasteiger charge is 2.48. The van der Waals surface area contributed by atoms with Crippen molar-refractivity contribution in [3.8, 4) is 22.3 Å². The number of aryl methyl sites for hydroxylation is 1. The Morgan fingerprint density at radius 1 is 0.533 bits per heavy atom. The van der Waals surface area contributed by atoms with Crippen LogP contribution in [0.1, 0.15) is 60.6 Å². The van der Waals surface area contributed by atoms with E-state index in [4.69, 9.17) is 0 Å². The molecule has 1 heteroatoms. The van der Waals surface area contributed by atoms with Crippen molar-refractivity contribution in [3.63, 3.8) is 0 Å². The number of rotatable bonds is 4. The minimum atomic E-state index is -0.220. The fourth-order valence-electron chi connectivity index (χ4n) is 9.24. The Balaban J connectivity index is 1.32. The van der Waals surface area contributed by atoms with E-state index >= 15 is 0 Å². The van der Waals surface area contributed by atoms with Gasteiger partial charge in [0.05, 0.1) is 0 Å². The third kappa shape index (κ3) is 3.23. The molecule has 2 aliphatic rings. The average molecular weight is 580 g/mol. The molecule has 0 saturated carbocycles. The van der Waals surface area contributed by atoms with Gasteiger partial charge in [-0.05, 0) is 92.7 Å². The van der Waals surface area contributed by atoms with Crippen molar-refractivity contribution in [2.45, 2.75) is 38.0 Å². The van der Waals surface area contributed by atoms with Crippen molar-refractivity contribution in [1.82, 2.24) is 4.57 Å². The van der Waals surface area contributed by atoms with Gasteiger partial charge < -0.3 is 4.57 Å². The Kier molecular flexibility index (Phi) is 5.49. The molecule has 218 valence electrons. The van der Waals surface area contributed by atoms with Crippen LogP contribution in [0.3, 0.4) is 0 Å². The van der Waals surface area contributed by atoms with Crippen LogP contribution in [0.15, 0.2) is 133 Å².